The number of amides is 1. The molecule has 30 heavy (non-hydrogen) atoms. The predicted octanol–water partition coefficient (Wildman–Crippen LogP) is 3.87. The van der Waals surface area contributed by atoms with Crippen LogP contribution in [0.2, 0.25) is 0 Å². The first-order valence-corrected chi connectivity index (χ1v) is 11.3. The van der Waals surface area contributed by atoms with Gasteiger partial charge in [-0.2, -0.15) is 0 Å². The number of methoxy groups -OCH3 is 1. The fourth-order valence-electron chi connectivity index (χ4n) is 4.69. The average molecular weight is 408 g/mol. The number of likely N-dealkylation sites (tertiary alicyclic amines) is 2. The zero-order chi connectivity index (χ0) is 20.8. The minimum Gasteiger partial charge on any atom is -0.497 e. The zero-order valence-corrected chi connectivity index (χ0v) is 18.1. The van der Waals surface area contributed by atoms with E-state index in [1.807, 2.05) is 12.1 Å². The normalized spacial score (nSPS) is 20.2. The highest BCUT2D eigenvalue weighted by molar-refractivity contribution is 5.78. The molecule has 5 heteroatoms. The van der Waals surface area contributed by atoms with Crippen LogP contribution in [0.5, 0.6) is 5.75 Å². The van der Waals surface area contributed by atoms with Crippen LogP contribution in [0.3, 0.4) is 0 Å². The summed E-state index contributed by atoms with van der Waals surface area (Å²) in [4.78, 5) is 22.1. The molecule has 0 unspecified atom stereocenters. The summed E-state index contributed by atoms with van der Waals surface area (Å²) in [5.74, 6) is 1.58. The van der Waals surface area contributed by atoms with Crippen molar-refractivity contribution in [3.63, 3.8) is 0 Å². The smallest absolute Gasteiger partial charge is 0.236 e. The minimum absolute atomic E-state index is 0.301. The van der Waals surface area contributed by atoms with Crippen LogP contribution in [0.15, 0.2) is 42.5 Å². The Balaban J connectivity index is 1.38. The molecule has 2 aliphatic rings. The van der Waals surface area contributed by atoms with E-state index in [4.69, 9.17) is 9.72 Å². The Morgan fingerprint density at radius 1 is 1.07 bits per heavy atom. The Bertz CT molecular complexity index is 848. The molecule has 3 heterocycles. The largest absolute Gasteiger partial charge is 0.497 e. The summed E-state index contributed by atoms with van der Waals surface area (Å²) < 4.78 is 5.34. The van der Waals surface area contributed by atoms with Crippen LogP contribution in [-0.2, 0) is 11.2 Å². The lowest BCUT2D eigenvalue weighted by Gasteiger charge is -2.34. The van der Waals surface area contributed by atoms with E-state index < -0.39 is 0 Å². The molecule has 2 aromatic rings. The number of carbonyl (C=O) groups is 1. The third-order valence-corrected chi connectivity index (χ3v) is 6.34. The summed E-state index contributed by atoms with van der Waals surface area (Å²) in [5.41, 5.74) is 3.45. The van der Waals surface area contributed by atoms with Gasteiger partial charge in [0.2, 0.25) is 5.91 Å². The van der Waals surface area contributed by atoms with E-state index in [0.29, 0.717) is 18.4 Å². The standard InChI is InChI=1S/C25H33N3O2/c1-30-23-11-5-8-20(17-23)16-22-10-6-12-24(26-22)21-9-7-13-27(18-21)19-25(29)28-14-3-2-4-15-28/h5-6,8,10-12,17,21H,2-4,7,9,13-16,18-19H2,1H3/t21-/m0/s1. The number of ether oxygens (including phenoxy) is 1. The number of pyridine rings is 1. The Morgan fingerprint density at radius 3 is 2.73 bits per heavy atom. The van der Waals surface area contributed by atoms with Gasteiger partial charge in [0.05, 0.1) is 13.7 Å². The van der Waals surface area contributed by atoms with Crippen molar-refractivity contribution in [2.75, 3.05) is 39.8 Å². The summed E-state index contributed by atoms with van der Waals surface area (Å²) in [6.07, 6.45) is 6.63. The van der Waals surface area contributed by atoms with Gasteiger partial charge in [0, 0.05) is 43.4 Å². The van der Waals surface area contributed by atoms with Crippen molar-refractivity contribution < 1.29 is 9.53 Å². The number of benzene rings is 1. The van der Waals surface area contributed by atoms with Gasteiger partial charge in [-0.05, 0) is 68.5 Å². The van der Waals surface area contributed by atoms with Gasteiger partial charge in [-0.1, -0.05) is 18.2 Å². The molecule has 0 aliphatic carbocycles. The molecule has 5 nitrogen and oxygen atoms in total. The molecule has 2 fully saturated rings. The number of piperidine rings is 2. The minimum atomic E-state index is 0.301. The second kappa shape index (κ2) is 10.1. The van der Waals surface area contributed by atoms with Crippen molar-refractivity contribution in [3.8, 4) is 5.75 Å². The first-order chi connectivity index (χ1) is 14.7. The maximum absolute atomic E-state index is 12.7. The van der Waals surface area contributed by atoms with Crippen LogP contribution in [-0.4, -0.2) is 60.5 Å². The van der Waals surface area contributed by atoms with Crippen LogP contribution < -0.4 is 4.74 Å². The van der Waals surface area contributed by atoms with Gasteiger partial charge in [0.1, 0.15) is 5.75 Å². The van der Waals surface area contributed by atoms with Gasteiger partial charge in [0.15, 0.2) is 0 Å². The van der Waals surface area contributed by atoms with Crippen molar-refractivity contribution in [3.05, 3.63) is 59.4 Å². The van der Waals surface area contributed by atoms with Gasteiger partial charge in [-0.25, -0.2) is 0 Å². The number of rotatable bonds is 6. The molecular weight excluding hydrogens is 374 g/mol. The number of hydrogen-bond donors (Lipinski definition) is 0. The molecule has 2 aliphatic heterocycles. The van der Waals surface area contributed by atoms with E-state index in [2.05, 4.69) is 40.1 Å². The van der Waals surface area contributed by atoms with Crippen LogP contribution in [0.4, 0.5) is 0 Å². The molecule has 0 N–H and O–H groups in total. The van der Waals surface area contributed by atoms with Crippen molar-refractivity contribution >= 4 is 5.91 Å². The first kappa shape index (κ1) is 20.9. The monoisotopic (exact) mass is 407 g/mol. The Hall–Kier alpha value is -2.40. The molecule has 0 spiro atoms. The lowest BCUT2D eigenvalue weighted by molar-refractivity contribution is -0.133. The highest BCUT2D eigenvalue weighted by Gasteiger charge is 2.26. The summed E-state index contributed by atoms with van der Waals surface area (Å²) in [7, 11) is 1.70. The number of hydrogen-bond acceptors (Lipinski definition) is 4. The second-order valence-electron chi connectivity index (χ2n) is 8.60. The summed E-state index contributed by atoms with van der Waals surface area (Å²) in [5, 5.41) is 0. The fraction of sp³-hybridized carbons (Fsp3) is 0.520. The third-order valence-electron chi connectivity index (χ3n) is 6.34. The van der Waals surface area contributed by atoms with Gasteiger partial charge in [0.25, 0.3) is 0 Å². The van der Waals surface area contributed by atoms with Gasteiger partial charge in [-0.3, -0.25) is 14.7 Å². The third kappa shape index (κ3) is 5.39. The summed E-state index contributed by atoms with van der Waals surface area (Å²) in [6, 6.07) is 14.6. The maximum atomic E-state index is 12.7. The lowest BCUT2D eigenvalue weighted by atomic mass is 9.93. The zero-order valence-electron chi connectivity index (χ0n) is 18.1. The molecule has 0 saturated carbocycles. The van der Waals surface area contributed by atoms with Crippen molar-refractivity contribution in [1.29, 1.82) is 0 Å². The molecule has 1 amide bonds. The van der Waals surface area contributed by atoms with Crippen molar-refractivity contribution in [2.24, 2.45) is 0 Å². The molecule has 2 saturated heterocycles. The van der Waals surface area contributed by atoms with Crippen molar-refractivity contribution in [1.82, 2.24) is 14.8 Å². The molecule has 0 radical (unpaired) electrons. The predicted molar refractivity (Wildman–Crippen MR) is 119 cm³/mol. The van der Waals surface area contributed by atoms with Gasteiger partial charge in [-0.15, -0.1) is 0 Å². The van der Waals surface area contributed by atoms with E-state index in [0.717, 1.165) is 75.4 Å². The Kier molecular flexibility index (Phi) is 7.00. The Labute approximate surface area is 180 Å². The number of carbonyl (C=O) groups excluding carboxylic acids is 1. The van der Waals surface area contributed by atoms with E-state index in [-0.39, 0.29) is 0 Å². The SMILES string of the molecule is COc1cccc(Cc2cccc([C@H]3CCCN(CC(=O)N4CCCCC4)C3)n2)c1. The van der Waals surface area contributed by atoms with E-state index in [1.54, 1.807) is 7.11 Å². The first-order valence-electron chi connectivity index (χ1n) is 11.3. The maximum Gasteiger partial charge on any atom is 0.236 e. The lowest BCUT2D eigenvalue weighted by Crippen LogP contribution is -2.45. The molecule has 1 aromatic heterocycles. The van der Waals surface area contributed by atoms with E-state index >= 15 is 0 Å². The molecule has 160 valence electrons. The molecule has 1 aromatic carbocycles. The van der Waals surface area contributed by atoms with E-state index in [1.165, 1.54) is 12.0 Å². The molecule has 1 atom stereocenters. The van der Waals surface area contributed by atoms with Gasteiger partial charge >= 0.3 is 0 Å². The average Bonchev–Trinajstić information content (AvgIpc) is 2.80. The van der Waals surface area contributed by atoms with Crippen LogP contribution in [0.1, 0.15) is 55.0 Å². The highest BCUT2D eigenvalue weighted by Crippen LogP contribution is 2.26. The summed E-state index contributed by atoms with van der Waals surface area (Å²) in [6.45, 7) is 4.36. The number of aromatic nitrogens is 1. The topological polar surface area (TPSA) is 45.7 Å². The second-order valence-corrected chi connectivity index (χ2v) is 8.60. The van der Waals surface area contributed by atoms with Crippen LogP contribution in [0, 0.1) is 0 Å². The van der Waals surface area contributed by atoms with Crippen LogP contribution in [0.25, 0.3) is 0 Å². The number of nitrogens with zero attached hydrogens (tertiary/aromatic N) is 3. The molecule has 4 rings (SSSR count). The van der Waals surface area contributed by atoms with Crippen molar-refractivity contribution in [2.45, 2.75) is 44.4 Å². The summed E-state index contributed by atoms with van der Waals surface area (Å²) >= 11 is 0. The molecular formula is C25H33N3O2. The van der Waals surface area contributed by atoms with Crippen LogP contribution >= 0.6 is 0 Å². The fourth-order valence-corrected chi connectivity index (χ4v) is 4.69. The van der Waals surface area contributed by atoms with E-state index in [9.17, 15) is 4.79 Å². The Morgan fingerprint density at radius 2 is 1.90 bits per heavy atom. The van der Waals surface area contributed by atoms with Gasteiger partial charge < -0.3 is 9.64 Å². The molecule has 0 bridgehead atoms. The quantitative estimate of drug-likeness (QED) is 0.729. The highest BCUT2D eigenvalue weighted by atomic mass is 16.5.